The molecular weight excluding hydrogens is 392 g/mol. The molecule has 0 unspecified atom stereocenters. The first-order chi connectivity index (χ1) is 15.0. The van der Waals surface area contributed by atoms with Crippen LogP contribution in [0.4, 0.5) is 11.5 Å². The molecular formula is C23H18N6O2. The van der Waals surface area contributed by atoms with Gasteiger partial charge in [0.05, 0.1) is 40.1 Å². The summed E-state index contributed by atoms with van der Waals surface area (Å²) in [4.78, 5) is 15.2. The van der Waals surface area contributed by atoms with E-state index < -0.39 is 4.92 Å². The van der Waals surface area contributed by atoms with Crippen LogP contribution in [0.3, 0.4) is 0 Å². The van der Waals surface area contributed by atoms with E-state index >= 15 is 0 Å². The molecule has 152 valence electrons. The summed E-state index contributed by atoms with van der Waals surface area (Å²) in [7, 11) is 0. The van der Waals surface area contributed by atoms with Crippen LogP contribution >= 0.6 is 0 Å². The van der Waals surface area contributed by atoms with Gasteiger partial charge in [0.15, 0.2) is 0 Å². The Kier molecular flexibility index (Phi) is 5.41. The summed E-state index contributed by atoms with van der Waals surface area (Å²) in [5.41, 5.74) is 5.43. The number of hydrogen-bond acceptors (Lipinski definition) is 6. The van der Waals surface area contributed by atoms with Gasteiger partial charge in [-0.25, -0.2) is 4.98 Å². The van der Waals surface area contributed by atoms with Crippen molar-refractivity contribution < 1.29 is 4.92 Å². The van der Waals surface area contributed by atoms with E-state index in [4.69, 9.17) is 5.26 Å². The van der Waals surface area contributed by atoms with Gasteiger partial charge in [-0.3, -0.25) is 15.2 Å². The van der Waals surface area contributed by atoms with Gasteiger partial charge in [-0.1, -0.05) is 18.2 Å². The minimum absolute atomic E-state index is 0.0145. The van der Waals surface area contributed by atoms with Crippen LogP contribution in [0.2, 0.25) is 0 Å². The monoisotopic (exact) mass is 410 g/mol. The number of nitriles is 1. The molecule has 0 aliphatic heterocycles. The average Bonchev–Trinajstić information content (AvgIpc) is 3.26. The molecule has 31 heavy (non-hydrogen) atoms. The number of aromatic amines is 1. The van der Waals surface area contributed by atoms with Gasteiger partial charge in [0.2, 0.25) is 0 Å². The minimum Gasteiger partial charge on any atom is -0.364 e. The molecule has 2 aromatic heterocycles. The molecule has 0 radical (unpaired) electrons. The van der Waals surface area contributed by atoms with Crippen molar-refractivity contribution in [2.45, 2.75) is 13.5 Å². The highest BCUT2D eigenvalue weighted by atomic mass is 16.6. The lowest BCUT2D eigenvalue weighted by molar-refractivity contribution is -0.384. The number of nitro benzene ring substituents is 1. The Hall–Kier alpha value is -4.51. The summed E-state index contributed by atoms with van der Waals surface area (Å²) >= 11 is 0. The van der Waals surface area contributed by atoms with Crippen molar-refractivity contribution in [2.24, 2.45) is 0 Å². The van der Waals surface area contributed by atoms with Gasteiger partial charge >= 0.3 is 0 Å². The highest BCUT2D eigenvalue weighted by molar-refractivity contribution is 5.71. The van der Waals surface area contributed by atoms with Crippen LogP contribution in [0, 0.1) is 28.4 Å². The zero-order chi connectivity index (χ0) is 21.8. The number of benzene rings is 2. The molecule has 2 heterocycles. The van der Waals surface area contributed by atoms with E-state index in [-0.39, 0.29) is 5.69 Å². The smallest absolute Gasteiger partial charge is 0.278 e. The minimum atomic E-state index is -0.414. The molecule has 0 fully saturated rings. The molecule has 0 amide bonds. The summed E-state index contributed by atoms with van der Waals surface area (Å²) in [5.74, 6) is 0.683. The zero-order valence-electron chi connectivity index (χ0n) is 16.7. The van der Waals surface area contributed by atoms with E-state index in [1.165, 1.54) is 6.07 Å². The number of pyridine rings is 1. The van der Waals surface area contributed by atoms with E-state index in [1.807, 2.05) is 31.2 Å². The zero-order valence-corrected chi connectivity index (χ0v) is 16.7. The van der Waals surface area contributed by atoms with Crippen LogP contribution in [0.25, 0.3) is 22.4 Å². The summed E-state index contributed by atoms with van der Waals surface area (Å²) in [5, 5.41) is 30.7. The van der Waals surface area contributed by atoms with Gasteiger partial charge in [0.25, 0.3) is 5.69 Å². The molecule has 2 aromatic carbocycles. The molecule has 8 nitrogen and oxygen atoms in total. The lowest BCUT2D eigenvalue weighted by atomic mass is 9.99. The molecule has 0 saturated carbocycles. The maximum absolute atomic E-state index is 11.3. The molecule has 0 aliphatic carbocycles. The van der Waals surface area contributed by atoms with E-state index in [2.05, 4.69) is 26.6 Å². The van der Waals surface area contributed by atoms with Crippen LogP contribution in [0.15, 0.2) is 66.9 Å². The number of H-pyrrole nitrogens is 1. The fourth-order valence-electron chi connectivity index (χ4n) is 3.38. The normalized spacial score (nSPS) is 10.5. The molecule has 4 aromatic rings. The number of aryl methyl sites for hydroxylation is 1. The lowest BCUT2D eigenvalue weighted by Gasteiger charge is -2.09. The Bertz CT molecular complexity index is 1310. The second-order valence-electron chi connectivity index (χ2n) is 6.98. The van der Waals surface area contributed by atoms with Crippen molar-refractivity contribution in [3.8, 4) is 28.5 Å². The number of rotatable bonds is 6. The molecule has 8 heteroatoms. The molecule has 4 rings (SSSR count). The first-order valence-corrected chi connectivity index (χ1v) is 9.54. The van der Waals surface area contributed by atoms with Crippen molar-refractivity contribution in [3.05, 3.63) is 93.8 Å². The number of nitro groups is 1. The SMILES string of the molecule is Cc1cc(C#N)ccc1-c1ccnc(NCc2cc(-c3ccccc3[N+](=O)[O-])n[nH]2)c1. The maximum atomic E-state index is 11.3. The van der Waals surface area contributed by atoms with E-state index in [1.54, 1.807) is 36.5 Å². The number of nitrogens with one attached hydrogen (secondary N) is 2. The average molecular weight is 410 g/mol. The van der Waals surface area contributed by atoms with Gasteiger partial charge < -0.3 is 5.32 Å². The maximum Gasteiger partial charge on any atom is 0.278 e. The Morgan fingerprint density at radius 2 is 1.97 bits per heavy atom. The molecule has 0 aliphatic rings. The van der Waals surface area contributed by atoms with Crippen LogP contribution in [-0.4, -0.2) is 20.1 Å². The Labute approximate surface area is 178 Å². The number of hydrogen-bond donors (Lipinski definition) is 2. The number of aromatic nitrogens is 3. The molecule has 0 spiro atoms. The molecule has 0 bridgehead atoms. The third-order valence-corrected chi connectivity index (χ3v) is 4.89. The van der Waals surface area contributed by atoms with Gasteiger partial charge in [-0.15, -0.1) is 0 Å². The van der Waals surface area contributed by atoms with Crippen LogP contribution < -0.4 is 5.32 Å². The number of para-hydroxylation sites is 1. The summed E-state index contributed by atoms with van der Waals surface area (Å²) in [6, 6.07) is 19.9. The Morgan fingerprint density at radius 1 is 1.13 bits per heavy atom. The van der Waals surface area contributed by atoms with Crippen molar-refractivity contribution in [1.29, 1.82) is 5.26 Å². The largest absolute Gasteiger partial charge is 0.364 e. The lowest BCUT2D eigenvalue weighted by Crippen LogP contribution is -2.01. The van der Waals surface area contributed by atoms with Crippen molar-refractivity contribution in [3.63, 3.8) is 0 Å². The third-order valence-electron chi connectivity index (χ3n) is 4.89. The van der Waals surface area contributed by atoms with Crippen molar-refractivity contribution in [2.75, 3.05) is 5.32 Å². The first-order valence-electron chi connectivity index (χ1n) is 9.54. The highest BCUT2D eigenvalue weighted by Crippen LogP contribution is 2.29. The quantitative estimate of drug-likeness (QED) is 0.347. The van der Waals surface area contributed by atoms with Crippen molar-refractivity contribution in [1.82, 2.24) is 15.2 Å². The van der Waals surface area contributed by atoms with E-state index in [0.29, 0.717) is 29.2 Å². The van der Waals surface area contributed by atoms with E-state index in [9.17, 15) is 10.1 Å². The molecule has 2 N–H and O–H groups in total. The van der Waals surface area contributed by atoms with Gasteiger partial charge in [0, 0.05) is 12.3 Å². The van der Waals surface area contributed by atoms with Crippen LogP contribution in [0.5, 0.6) is 0 Å². The number of anilines is 1. The van der Waals surface area contributed by atoms with Gasteiger partial charge in [-0.05, 0) is 60.0 Å². The summed E-state index contributed by atoms with van der Waals surface area (Å²) in [6.45, 7) is 2.40. The molecule has 0 saturated heterocycles. The second kappa shape index (κ2) is 8.47. The summed E-state index contributed by atoms with van der Waals surface area (Å²) in [6.07, 6.45) is 1.72. The van der Waals surface area contributed by atoms with Gasteiger partial charge in [0.1, 0.15) is 5.82 Å². The predicted molar refractivity (Wildman–Crippen MR) is 117 cm³/mol. The fraction of sp³-hybridized carbons (Fsp3) is 0.0870. The Morgan fingerprint density at radius 3 is 2.74 bits per heavy atom. The Balaban J connectivity index is 1.51. The van der Waals surface area contributed by atoms with Crippen molar-refractivity contribution >= 4 is 11.5 Å². The standard InChI is InChI=1S/C23H18N6O2/c1-15-10-16(13-24)6-7-19(15)17-8-9-25-23(11-17)26-14-18-12-21(28-27-18)20-4-2-3-5-22(20)29(30)31/h2-12H,14H2,1H3,(H,25,26)(H,27,28). The second-order valence-corrected chi connectivity index (χ2v) is 6.98. The predicted octanol–water partition coefficient (Wildman–Crippen LogP) is 4.84. The summed E-state index contributed by atoms with van der Waals surface area (Å²) < 4.78 is 0. The third kappa shape index (κ3) is 4.26. The number of nitrogens with zero attached hydrogens (tertiary/aromatic N) is 4. The molecule has 0 atom stereocenters. The fourth-order valence-corrected chi connectivity index (χ4v) is 3.38. The van der Waals surface area contributed by atoms with E-state index in [0.717, 1.165) is 22.4 Å². The van der Waals surface area contributed by atoms with Gasteiger partial charge in [-0.2, -0.15) is 10.4 Å². The topological polar surface area (TPSA) is 121 Å². The van der Waals surface area contributed by atoms with Crippen LogP contribution in [0.1, 0.15) is 16.8 Å². The highest BCUT2D eigenvalue weighted by Gasteiger charge is 2.16. The van der Waals surface area contributed by atoms with Crippen LogP contribution in [-0.2, 0) is 6.54 Å². The first kappa shape index (κ1) is 19.8.